The molecule has 1 aliphatic heterocycles. The maximum absolute atomic E-state index is 13.2. The third-order valence-corrected chi connectivity index (χ3v) is 4.96. The van der Waals surface area contributed by atoms with E-state index in [1.807, 2.05) is 0 Å². The molecule has 1 aromatic carbocycles. The summed E-state index contributed by atoms with van der Waals surface area (Å²) in [5.74, 6) is 0.439. The van der Waals surface area contributed by atoms with Crippen LogP contribution in [0.25, 0.3) is 0 Å². The maximum Gasteiger partial charge on any atom is 0.230 e. The lowest BCUT2D eigenvalue weighted by Crippen LogP contribution is -2.52. The molecule has 1 aromatic rings. The number of amides is 1. The molecule has 2 fully saturated rings. The first-order chi connectivity index (χ1) is 10.2. The van der Waals surface area contributed by atoms with Crippen LogP contribution >= 0.6 is 12.4 Å². The van der Waals surface area contributed by atoms with Crippen molar-refractivity contribution in [3.05, 3.63) is 35.6 Å². The molecule has 1 saturated heterocycles. The summed E-state index contributed by atoms with van der Waals surface area (Å²) in [6, 6.07) is 6.50. The van der Waals surface area contributed by atoms with Crippen LogP contribution in [-0.4, -0.2) is 25.5 Å². The minimum Gasteiger partial charge on any atom is -0.355 e. The smallest absolute Gasteiger partial charge is 0.230 e. The standard InChI is InChI=1S/C17H23FN2O.ClH/c18-15-6-4-14(5-7-15)17(8-2-1-3-9-17)16(21)20-12-13-10-19-11-13;/h4-7,13,19H,1-3,8-12H2,(H,20,21);1H. The average Bonchev–Trinajstić information content (AvgIpc) is 2.47. The normalized spacial score (nSPS) is 20.6. The molecule has 0 radical (unpaired) electrons. The number of halogens is 2. The van der Waals surface area contributed by atoms with E-state index in [-0.39, 0.29) is 24.1 Å². The first-order valence-electron chi connectivity index (χ1n) is 7.96. The Labute approximate surface area is 137 Å². The summed E-state index contributed by atoms with van der Waals surface area (Å²) in [6.45, 7) is 2.72. The van der Waals surface area contributed by atoms with Gasteiger partial charge in [0.15, 0.2) is 0 Å². The first kappa shape index (κ1) is 17.2. The van der Waals surface area contributed by atoms with Crippen molar-refractivity contribution in [2.45, 2.75) is 37.5 Å². The van der Waals surface area contributed by atoms with E-state index in [2.05, 4.69) is 10.6 Å². The van der Waals surface area contributed by atoms with Crippen molar-refractivity contribution in [2.75, 3.05) is 19.6 Å². The topological polar surface area (TPSA) is 41.1 Å². The Balaban J connectivity index is 0.00000176. The van der Waals surface area contributed by atoms with Gasteiger partial charge >= 0.3 is 0 Å². The Morgan fingerprint density at radius 1 is 1.18 bits per heavy atom. The zero-order chi connectivity index (χ0) is 14.7. The lowest BCUT2D eigenvalue weighted by atomic mass is 9.68. The van der Waals surface area contributed by atoms with Gasteiger partial charge in [0.25, 0.3) is 0 Å². The minimum atomic E-state index is -0.455. The molecule has 2 N–H and O–H groups in total. The van der Waals surface area contributed by atoms with E-state index in [0.717, 1.165) is 50.9 Å². The van der Waals surface area contributed by atoms with Crippen molar-refractivity contribution in [1.82, 2.24) is 10.6 Å². The highest BCUT2D eigenvalue weighted by molar-refractivity contribution is 5.88. The number of carbonyl (C=O) groups is 1. The molecule has 1 saturated carbocycles. The summed E-state index contributed by atoms with van der Waals surface area (Å²) in [6.07, 6.45) is 5.05. The Morgan fingerprint density at radius 3 is 2.36 bits per heavy atom. The van der Waals surface area contributed by atoms with Crippen LogP contribution < -0.4 is 10.6 Å². The fourth-order valence-corrected chi connectivity index (χ4v) is 3.47. The molecule has 2 aliphatic rings. The van der Waals surface area contributed by atoms with E-state index >= 15 is 0 Å². The van der Waals surface area contributed by atoms with Gasteiger partial charge in [-0.25, -0.2) is 4.39 Å². The second-order valence-electron chi connectivity index (χ2n) is 6.38. The molecule has 1 aliphatic carbocycles. The fraction of sp³-hybridized carbons (Fsp3) is 0.588. The third kappa shape index (κ3) is 3.44. The van der Waals surface area contributed by atoms with Crippen molar-refractivity contribution < 1.29 is 9.18 Å². The monoisotopic (exact) mass is 326 g/mol. The van der Waals surface area contributed by atoms with E-state index in [9.17, 15) is 9.18 Å². The van der Waals surface area contributed by atoms with E-state index in [4.69, 9.17) is 0 Å². The molecule has 0 unspecified atom stereocenters. The molecular formula is C17H24ClFN2O. The highest BCUT2D eigenvalue weighted by atomic mass is 35.5. The highest BCUT2D eigenvalue weighted by Crippen LogP contribution is 2.39. The van der Waals surface area contributed by atoms with Crippen LogP contribution in [0.2, 0.25) is 0 Å². The van der Waals surface area contributed by atoms with Gasteiger partial charge in [-0.05, 0) is 30.5 Å². The van der Waals surface area contributed by atoms with Gasteiger partial charge in [0.1, 0.15) is 5.82 Å². The Morgan fingerprint density at radius 2 is 1.82 bits per heavy atom. The van der Waals surface area contributed by atoms with E-state index < -0.39 is 5.41 Å². The van der Waals surface area contributed by atoms with Gasteiger partial charge in [-0.15, -0.1) is 12.4 Å². The number of hydrogen-bond donors (Lipinski definition) is 2. The van der Waals surface area contributed by atoms with Crippen molar-refractivity contribution in [1.29, 1.82) is 0 Å². The number of benzene rings is 1. The largest absolute Gasteiger partial charge is 0.355 e. The van der Waals surface area contributed by atoms with Gasteiger partial charge in [-0.3, -0.25) is 4.79 Å². The second-order valence-corrected chi connectivity index (χ2v) is 6.38. The van der Waals surface area contributed by atoms with Gasteiger partial charge in [-0.1, -0.05) is 31.4 Å². The Bertz CT molecular complexity index is 496. The summed E-state index contributed by atoms with van der Waals surface area (Å²) in [5, 5.41) is 6.35. The third-order valence-electron chi connectivity index (χ3n) is 4.96. The number of nitrogens with one attached hydrogen (secondary N) is 2. The molecular weight excluding hydrogens is 303 g/mol. The zero-order valence-corrected chi connectivity index (χ0v) is 13.6. The van der Waals surface area contributed by atoms with Crippen molar-refractivity contribution in [3.63, 3.8) is 0 Å². The molecule has 122 valence electrons. The van der Waals surface area contributed by atoms with Crippen LogP contribution in [0.1, 0.15) is 37.7 Å². The number of carbonyl (C=O) groups excluding carboxylic acids is 1. The van der Waals surface area contributed by atoms with Crippen molar-refractivity contribution >= 4 is 18.3 Å². The summed E-state index contributed by atoms with van der Waals surface area (Å²) in [4.78, 5) is 12.8. The van der Waals surface area contributed by atoms with Crippen LogP contribution in [0.3, 0.4) is 0 Å². The molecule has 1 amide bonds. The van der Waals surface area contributed by atoms with Gasteiger partial charge in [0.2, 0.25) is 5.91 Å². The molecule has 3 nitrogen and oxygen atoms in total. The summed E-state index contributed by atoms with van der Waals surface area (Å²) in [7, 11) is 0. The lowest BCUT2D eigenvalue weighted by molar-refractivity contribution is -0.128. The van der Waals surface area contributed by atoms with Crippen molar-refractivity contribution in [3.8, 4) is 0 Å². The van der Waals surface area contributed by atoms with E-state index in [1.165, 1.54) is 18.6 Å². The quantitative estimate of drug-likeness (QED) is 0.893. The predicted molar refractivity (Wildman–Crippen MR) is 87.8 cm³/mol. The van der Waals surface area contributed by atoms with Crippen LogP contribution in [0.15, 0.2) is 24.3 Å². The maximum atomic E-state index is 13.2. The van der Waals surface area contributed by atoms with Gasteiger partial charge in [0.05, 0.1) is 5.41 Å². The number of rotatable bonds is 4. The van der Waals surface area contributed by atoms with E-state index in [0.29, 0.717) is 5.92 Å². The van der Waals surface area contributed by atoms with Gasteiger partial charge in [-0.2, -0.15) is 0 Å². The van der Waals surface area contributed by atoms with Crippen LogP contribution in [0, 0.1) is 11.7 Å². The zero-order valence-electron chi connectivity index (χ0n) is 12.7. The summed E-state index contributed by atoms with van der Waals surface area (Å²) >= 11 is 0. The summed E-state index contributed by atoms with van der Waals surface area (Å²) in [5.41, 5.74) is 0.510. The highest BCUT2D eigenvalue weighted by Gasteiger charge is 2.41. The fourth-order valence-electron chi connectivity index (χ4n) is 3.47. The second kappa shape index (κ2) is 7.42. The average molecular weight is 327 g/mol. The first-order valence-corrected chi connectivity index (χ1v) is 7.96. The van der Waals surface area contributed by atoms with Crippen molar-refractivity contribution in [2.24, 2.45) is 5.92 Å². The van der Waals surface area contributed by atoms with Crippen LogP contribution in [-0.2, 0) is 10.2 Å². The Hall–Kier alpha value is -1.13. The van der Waals surface area contributed by atoms with Crippen LogP contribution in [0.4, 0.5) is 4.39 Å². The lowest BCUT2D eigenvalue weighted by Gasteiger charge is -2.37. The minimum absolute atomic E-state index is 0. The van der Waals surface area contributed by atoms with Gasteiger partial charge < -0.3 is 10.6 Å². The Kier molecular flexibility index (Phi) is 5.81. The molecule has 0 atom stereocenters. The molecule has 22 heavy (non-hydrogen) atoms. The molecule has 0 spiro atoms. The molecule has 1 heterocycles. The van der Waals surface area contributed by atoms with Gasteiger partial charge in [0, 0.05) is 25.6 Å². The molecule has 3 rings (SSSR count). The summed E-state index contributed by atoms with van der Waals surface area (Å²) < 4.78 is 13.2. The van der Waals surface area contributed by atoms with E-state index in [1.54, 1.807) is 12.1 Å². The predicted octanol–water partition coefficient (Wildman–Crippen LogP) is 2.79. The SMILES string of the molecule is Cl.O=C(NCC1CNC1)C1(c2ccc(F)cc2)CCCCC1. The van der Waals surface area contributed by atoms with Crippen LogP contribution in [0.5, 0.6) is 0 Å². The number of hydrogen-bond acceptors (Lipinski definition) is 2. The molecule has 0 bridgehead atoms. The molecule has 5 heteroatoms. The molecule has 0 aromatic heterocycles.